The van der Waals surface area contributed by atoms with Crippen molar-refractivity contribution in [3.8, 4) is 0 Å². The molecule has 1 amide bonds. The van der Waals surface area contributed by atoms with Gasteiger partial charge in [0.25, 0.3) is 0 Å². The van der Waals surface area contributed by atoms with Crippen molar-refractivity contribution in [2.75, 3.05) is 47.1 Å². The molecule has 0 aromatic carbocycles. The van der Waals surface area contributed by atoms with Crippen LogP contribution in [0.1, 0.15) is 26.2 Å². The monoisotopic (exact) mass is 288 g/mol. The Kier molecular flexibility index (Phi) is 7.43. The average Bonchev–Trinajstić information content (AvgIpc) is 2.42. The lowest BCUT2D eigenvalue weighted by Gasteiger charge is -2.37. The highest BCUT2D eigenvalue weighted by atomic mass is 16.5. The van der Waals surface area contributed by atoms with Crippen LogP contribution in [0.25, 0.3) is 0 Å². The van der Waals surface area contributed by atoms with Crippen LogP contribution in [0.2, 0.25) is 0 Å². The minimum absolute atomic E-state index is 0.0146. The fourth-order valence-corrected chi connectivity index (χ4v) is 2.29. The van der Waals surface area contributed by atoms with Gasteiger partial charge in [0, 0.05) is 52.9 Å². The number of ether oxygens (including phenoxy) is 2. The van der Waals surface area contributed by atoms with E-state index in [1.807, 2.05) is 18.9 Å². The molecule has 2 N–H and O–H groups in total. The van der Waals surface area contributed by atoms with Crippen LogP contribution in [0.4, 0.5) is 0 Å². The molecule has 1 atom stereocenters. The maximum Gasteiger partial charge on any atom is 0.237 e. The number of rotatable bonds is 8. The van der Waals surface area contributed by atoms with Crippen molar-refractivity contribution in [2.45, 2.75) is 37.8 Å². The van der Waals surface area contributed by atoms with E-state index in [1.165, 1.54) is 0 Å². The van der Waals surface area contributed by atoms with Gasteiger partial charge < -0.3 is 19.9 Å². The number of likely N-dealkylation sites (N-methyl/N-ethyl adjacent to an activating group) is 1. The van der Waals surface area contributed by atoms with Crippen LogP contribution in [-0.4, -0.2) is 74.6 Å². The van der Waals surface area contributed by atoms with Gasteiger partial charge in [-0.05, 0) is 20.4 Å². The van der Waals surface area contributed by atoms with Crippen molar-refractivity contribution >= 4 is 5.91 Å². The molecule has 6 nitrogen and oxygen atoms in total. The van der Waals surface area contributed by atoms with Gasteiger partial charge in [-0.3, -0.25) is 9.69 Å². The molecule has 1 unspecified atom stereocenters. The summed E-state index contributed by atoms with van der Waals surface area (Å²) < 4.78 is 10.2. The first-order chi connectivity index (χ1) is 9.48. The maximum atomic E-state index is 12.0. The van der Waals surface area contributed by atoms with Crippen molar-refractivity contribution in [1.29, 1.82) is 0 Å². The molecule has 118 valence electrons. The van der Waals surface area contributed by atoms with E-state index in [4.69, 9.17) is 9.47 Å². The summed E-state index contributed by atoms with van der Waals surface area (Å²) in [6.07, 6.45) is 2.05. The van der Waals surface area contributed by atoms with E-state index in [0.717, 1.165) is 6.42 Å². The van der Waals surface area contributed by atoms with E-state index in [9.17, 15) is 9.90 Å². The molecule has 1 fully saturated rings. The topological polar surface area (TPSA) is 71.0 Å². The van der Waals surface area contributed by atoms with E-state index >= 15 is 0 Å². The van der Waals surface area contributed by atoms with E-state index in [0.29, 0.717) is 45.8 Å². The second kappa shape index (κ2) is 8.56. The number of hydrogen-bond acceptors (Lipinski definition) is 5. The fourth-order valence-electron chi connectivity index (χ4n) is 2.29. The summed E-state index contributed by atoms with van der Waals surface area (Å²) in [6, 6.07) is -0.260. The predicted octanol–water partition coefficient (Wildman–Crippen LogP) is 0.000900. The van der Waals surface area contributed by atoms with Crippen molar-refractivity contribution in [3.05, 3.63) is 0 Å². The van der Waals surface area contributed by atoms with Crippen LogP contribution in [0, 0.1) is 0 Å². The molecule has 0 radical (unpaired) electrons. The van der Waals surface area contributed by atoms with Crippen molar-refractivity contribution in [3.63, 3.8) is 0 Å². The molecule has 0 aromatic heterocycles. The number of carbonyl (C=O) groups is 1. The number of nitrogens with one attached hydrogen (secondary N) is 1. The molecule has 1 aliphatic heterocycles. The summed E-state index contributed by atoms with van der Waals surface area (Å²) in [5.41, 5.74) is -0.739. The summed E-state index contributed by atoms with van der Waals surface area (Å²) in [4.78, 5) is 13.9. The van der Waals surface area contributed by atoms with Gasteiger partial charge >= 0.3 is 0 Å². The lowest BCUT2D eigenvalue weighted by Crippen LogP contribution is -2.51. The highest BCUT2D eigenvalue weighted by molar-refractivity contribution is 5.81. The minimum atomic E-state index is -0.739. The third-order valence-corrected chi connectivity index (χ3v) is 3.83. The Bertz CT molecular complexity index is 293. The van der Waals surface area contributed by atoms with E-state index in [2.05, 4.69) is 5.32 Å². The van der Waals surface area contributed by atoms with E-state index < -0.39 is 5.60 Å². The standard InChI is InChI=1S/C14H28N2O4/c1-12(13(17)15-7-4-8-19-3)16(2)11-14(18)5-9-20-10-6-14/h12,18H,4-11H2,1-3H3,(H,15,17). The SMILES string of the molecule is COCCCNC(=O)C(C)N(C)CC1(O)CCOCC1. The Balaban J connectivity index is 2.33. The van der Waals surface area contributed by atoms with Gasteiger partial charge in [0.05, 0.1) is 11.6 Å². The zero-order valence-electron chi connectivity index (χ0n) is 12.9. The van der Waals surface area contributed by atoms with E-state index in [1.54, 1.807) is 7.11 Å². The van der Waals surface area contributed by atoms with Crippen LogP contribution in [0.15, 0.2) is 0 Å². The molecule has 0 saturated carbocycles. The van der Waals surface area contributed by atoms with Crippen LogP contribution in [0.3, 0.4) is 0 Å². The lowest BCUT2D eigenvalue weighted by atomic mass is 9.93. The molecule has 1 aliphatic rings. The number of methoxy groups -OCH3 is 1. The molecule has 0 aromatic rings. The summed E-state index contributed by atoms with van der Waals surface area (Å²) in [6.45, 7) is 4.77. The van der Waals surface area contributed by atoms with Gasteiger partial charge in [0.15, 0.2) is 0 Å². The molecule has 20 heavy (non-hydrogen) atoms. The number of aliphatic hydroxyl groups is 1. The summed E-state index contributed by atoms with van der Waals surface area (Å²) in [7, 11) is 3.51. The van der Waals surface area contributed by atoms with Crippen LogP contribution in [0.5, 0.6) is 0 Å². The summed E-state index contributed by atoms with van der Waals surface area (Å²) in [5, 5.41) is 13.3. The van der Waals surface area contributed by atoms with Crippen LogP contribution in [-0.2, 0) is 14.3 Å². The molecule has 1 heterocycles. The summed E-state index contributed by atoms with van der Waals surface area (Å²) >= 11 is 0. The average molecular weight is 288 g/mol. The summed E-state index contributed by atoms with van der Waals surface area (Å²) in [5.74, 6) is -0.0146. The number of hydrogen-bond donors (Lipinski definition) is 2. The zero-order chi connectivity index (χ0) is 15.0. The molecular weight excluding hydrogens is 260 g/mol. The Morgan fingerprint density at radius 2 is 2.15 bits per heavy atom. The van der Waals surface area contributed by atoms with Gasteiger partial charge in [0.1, 0.15) is 0 Å². The minimum Gasteiger partial charge on any atom is -0.388 e. The van der Waals surface area contributed by atoms with Crippen molar-refractivity contribution in [2.24, 2.45) is 0 Å². The van der Waals surface area contributed by atoms with Gasteiger partial charge in [-0.1, -0.05) is 0 Å². The third-order valence-electron chi connectivity index (χ3n) is 3.83. The highest BCUT2D eigenvalue weighted by Crippen LogP contribution is 2.21. The fraction of sp³-hybridized carbons (Fsp3) is 0.929. The number of carbonyl (C=O) groups excluding carboxylic acids is 1. The maximum absolute atomic E-state index is 12.0. The second-order valence-corrected chi connectivity index (χ2v) is 5.57. The van der Waals surface area contributed by atoms with Crippen LogP contribution < -0.4 is 5.32 Å². The molecule has 0 bridgehead atoms. The molecule has 1 rings (SSSR count). The van der Waals surface area contributed by atoms with Crippen molar-refractivity contribution < 1.29 is 19.4 Å². The first kappa shape index (κ1) is 17.4. The number of amides is 1. The van der Waals surface area contributed by atoms with Crippen LogP contribution >= 0.6 is 0 Å². The Morgan fingerprint density at radius 3 is 2.75 bits per heavy atom. The molecule has 6 heteroatoms. The van der Waals surface area contributed by atoms with E-state index in [-0.39, 0.29) is 11.9 Å². The molecule has 0 aliphatic carbocycles. The third kappa shape index (κ3) is 5.75. The van der Waals surface area contributed by atoms with Gasteiger partial charge in [-0.25, -0.2) is 0 Å². The quantitative estimate of drug-likeness (QED) is 0.615. The molecule has 0 spiro atoms. The van der Waals surface area contributed by atoms with Crippen molar-refractivity contribution in [1.82, 2.24) is 10.2 Å². The number of nitrogens with zero attached hydrogens (tertiary/aromatic N) is 1. The van der Waals surface area contributed by atoms with Gasteiger partial charge in [-0.15, -0.1) is 0 Å². The highest BCUT2D eigenvalue weighted by Gasteiger charge is 2.33. The van der Waals surface area contributed by atoms with Gasteiger partial charge in [-0.2, -0.15) is 0 Å². The predicted molar refractivity (Wildman–Crippen MR) is 76.6 cm³/mol. The molecular formula is C14H28N2O4. The Labute approximate surface area is 121 Å². The smallest absolute Gasteiger partial charge is 0.237 e. The first-order valence-corrected chi connectivity index (χ1v) is 7.25. The Morgan fingerprint density at radius 1 is 1.50 bits per heavy atom. The Hall–Kier alpha value is -0.690. The van der Waals surface area contributed by atoms with Gasteiger partial charge in [0.2, 0.25) is 5.91 Å². The zero-order valence-corrected chi connectivity index (χ0v) is 12.9. The normalized spacial score (nSPS) is 19.9. The lowest BCUT2D eigenvalue weighted by molar-refractivity contribution is -0.128. The largest absolute Gasteiger partial charge is 0.388 e. The molecule has 1 saturated heterocycles. The first-order valence-electron chi connectivity index (χ1n) is 7.25. The second-order valence-electron chi connectivity index (χ2n) is 5.57.